The third-order valence-corrected chi connectivity index (χ3v) is 14.4. The van der Waals surface area contributed by atoms with Crippen LogP contribution in [0, 0.1) is 0 Å². The van der Waals surface area contributed by atoms with Crippen LogP contribution in [0.1, 0.15) is 107 Å². The quantitative estimate of drug-likeness (QED) is 0.0362. The van der Waals surface area contributed by atoms with Gasteiger partial charge in [0, 0.05) is 57.2 Å². The number of rotatable bonds is 26. The molecule has 0 bridgehead atoms. The van der Waals surface area contributed by atoms with Crippen molar-refractivity contribution < 1.29 is 95.5 Å². The van der Waals surface area contributed by atoms with E-state index in [1.54, 1.807) is 36.4 Å². The van der Waals surface area contributed by atoms with Gasteiger partial charge in [-0.1, -0.05) is 65.7 Å². The molecule has 0 spiro atoms. The minimum atomic E-state index is -2.47. The molecule has 2 aliphatic carbocycles. The molecule has 1 N–H and O–H groups in total. The Morgan fingerprint density at radius 3 is 1.51 bits per heavy atom. The standard InChI is InChI=1S/C60H68Cl2O20/c1-33(63)74-31-52-56(77-35(3)65)58(79-37(5)67)59(80-38(6)68)60(82-52,44-12-22-50(62)43(30-44)28-40-9-15-46(16-10-40)71-24-26-73-48-19-20-48)75-32-51-55(76-34(2)64)57(78-36(4)66)53(69)54(81-51)41-11-21-49(61)42(29-41)27-39-7-13-45(14-8-39)70-23-25-72-47-17-18-47/h7-16,21-22,29-30,47-48,51-59,69H,17-20,23-28,31-32H2,1-6H3/t51-,52-,53+,54+,55-,56-,57-,58+,59-,60+/m1/s1. The topological polar surface area (TPSA) is 243 Å². The minimum Gasteiger partial charge on any atom is -0.491 e. The van der Waals surface area contributed by atoms with Gasteiger partial charge >= 0.3 is 35.8 Å². The number of ether oxygens (including phenoxy) is 13. The van der Waals surface area contributed by atoms with Gasteiger partial charge in [-0.25, -0.2) is 0 Å². The average molecular weight is 1180 g/mol. The van der Waals surface area contributed by atoms with Crippen LogP contribution in [0.4, 0.5) is 0 Å². The first-order valence-electron chi connectivity index (χ1n) is 27.1. The molecule has 22 heteroatoms. The molecule has 4 aromatic rings. The number of hydrogen-bond donors (Lipinski definition) is 1. The molecule has 4 aliphatic rings. The first kappa shape index (κ1) is 61.7. The third kappa shape index (κ3) is 16.9. The predicted molar refractivity (Wildman–Crippen MR) is 291 cm³/mol. The fourth-order valence-electron chi connectivity index (χ4n) is 9.80. The van der Waals surface area contributed by atoms with E-state index in [4.69, 9.17) is 84.8 Å². The average Bonchev–Trinajstić information content (AvgIpc) is 4.00. The van der Waals surface area contributed by atoms with Crippen molar-refractivity contribution in [3.63, 3.8) is 0 Å². The fraction of sp³-hybridized carbons (Fsp3) is 0.500. The van der Waals surface area contributed by atoms with Crippen LogP contribution in [0.25, 0.3) is 0 Å². The van der Waals surface area contributed by atoms with E-state index in [1.165, 1.54) is 12.1 Å². The molecule has 0 aromatic heterocycles. The molecule has 0 unspecified atom stereocenters. The van der Waals surface area contributed by atoms with E-state index < -0.39 is 110 Å². The van der Waals surface area contributed by atoms with Gasteiger partial charge in [0.1, 0.15) is 55.7 Å². The molecule has 10 atom stereocenters. The summed E-state index contributed by atoms with van der Waals surface area (Å²) in [5.74, 6) is -6.38. The molecule has 8 rings (SSSR count). The van der Waals surface area contributed by atoms with E-state index in [-0.39, 0.29) is 17.0 Å². The molecule has 4 aromatic carbocycles. The fourth-order valence-corrected chi connectivity index (χ4v) is 10.2. The second kappa shape index (κ2) is 28.3. The van der Waals surface area contributed by atoms with Crippen LogP contribution >= 0.6 is 23.2 Å². The Labute approximate surface area is 485 Å². The van der Waals surface area contributed by atoms with Crippen molar-refractivity contribution in [1.82, 2.24) is 0 Å². The van der Waals surface area contributed by atoms with Crippen LogP contribution < -0.4 is 9.47 Å². The van der Waals surface area contributed by atoms with Crippen molar-refractivity contribution >= 4 is 59.0 Å². The molecule has 0 radical (unpaired) electrons. The molecule has 4 fully saturated rings. The molecule has 2 saturated heterocycles. The lowest BCUT2D eigenvalue weighted by Crippen LogP contribution is -2.68. The normalized spacial score (nSPS) is 25.0. The van der Waals surface area contributed by atoms with Gasteiger partial charge in [0.25, 0.3) is 0 Å². The summed E-state index contributed by atoms with van der Waals surface area (Å²) in [5.41, 5.74) is 3.24. The largest absolute Gasteiger partial charge is 0.491 e. The van der Waals surface area contributed by atoms with Gasteiger partial charge in [0.2, 0.25) is 11.9 Å². The maximum atomic E-state index is 13.4. The number of hydrogen-bond acceptors (Lipinski definition) is 20. The Hall–Kier alpha value is -6.36. The molecular weight excluding hydrogens is 1110 g/mol. The van der Waals surface area contributed by atoms with Crippen molar-refractivity contribution in [3.05, 3.63) is 128 Å². The molecule has 20 nitrogen and oxygen atoms in total. The number of carbonyl (C=O) groups excluding carboxylic acids is 6. The van der Waals surface area contributed by atoms with Crippen LogP contribution in [0.15, 0.2) is 84.9 Å². The maximum Gasteiger partial charge on any atom is 0.303 e. The number of aliphatic hydroxyl groups is 1. The van der Waals surface area contributed by atoms with Crippen molar-refractivity contribution in [1.29, 1.82) is 0 Å². The predicted octanol–water partition coefficient (Wildman–Crippen LogP) is 7.58. The van der Waals surface area contributed by atoms with Crippen LogP contribution in [-0.4, -0.2) is 142 Å². The van der Waals surface area contributed by atoms with Crippen molar-refractivity contribution in [2.45, 2.75) is 153 Å². The lowest BCUT2D eigenvalue weighted by atomic mass is 9.86. The van der Waals surface area contributed by atoms with Gasteiger partial charge in [0.05, 0.1) is 32.0 Å². The van der Waals surface area contributed by atoms with E-state index >= 15 is 0 Å². The summed E-state index contributed by atoms with van der Waals surface area (Å²) >= 11 is 13.8. The SMILES string of the molecule is CC(=O)OC[C@H]1O[C@@](OC[C@H]2O[C@@H](c3ccc(Cl)c(Cc4ccc(OCCOC5CC5)cc4)c3)[C@H](O)[C@@H](OC(C)=O)[C@@H]2OC(C)=O)(c2ccc(Cl)c(Cc3ccc(OCCOC4CC4)cc3)c2)[C@H](OC(C)=O)[C@@H](OC(C)=O)[C@@H]1OC(C)=O. The van der Waals surface area contributed by atoms with Gasteiger partial charge in [-0.3, -0.25) is 28.8 Å². The highest BCUT2D eigenvalue weighted by Crippen LogP contribution is 2.46. The van der Waals surface area contributed by atoms with E-state index in [9.17, 15) is 33.9 Å². The number of halogens is 2. The summed E-state index contributed by atoms with van der Waals surface area (Å²) in [6.07, 6.45) is -9.08. The lowest BCUT2D eigenvalue weighted by Gasteiger charge is -2.51. The molecular formula is C60H68Cl2O20. The van der Waals surface area contributed by atoms with Crippen LogP contribution in [-0.2, 0) is 99.5 Å². The Kier molecular flexibility index (Phi) is 21.3. The Morgan fingerprint density at radius 2 is 1.01 bits per heavy atom. The van der Waals surface area contributed by atoms with Crippen molar-refractivity contribution in [2.75, 3.05) is 39.6 Å². The second-order valence-corrected chi connectivity index (χ2v) is 21.3. The Balaban J connectivity index is 1.18. The van der Waals surface area contributed by atoms with Gasteiger partial charge in [-0.15, -0.1) is 0 Å². The van der Waals surface area contributed by atoms with Crippen molar-refractivity contribution in [2.24, 2.45) is 0 Å². The Bertz CT molecular complexity index is 2870. The van der Waals surface area contributed by atoms with E-state index in [0.29, 0.717) is 78.3 Å². The zero-order valence-electron chi connectivity index (χ0n) is 46.4. The maximum absolute atomic E-state index is 13.4. The van der Waals surface area contributed by atoms with Gasteiger partial charge in [-0.2, -0.15) is 0 Å². The number of aliphatic hydroxyl groups excluding tert-OH is 1. The molecule has 2 saturated carbocycles. The van der Waals surface area contributed by atoms with Crippen LogP contribution in [0.5, 0.6) is 11.5 Å². The summed E-state index contributed by atoms with van der Waals surface area (Å²) < 4.78 is 78.5. The summed E-state index contributed by atoms with van der Waals surface area (Å²) in [5, 5.41) is 12.9. The van der Waals surface area contributed by atoms with Crippen LogP contribution in [0.3, 0.4) is 0 Å². The molecule has 82 heavy (non-hydrogen) atoms. The minimum absolute atomic E-state index is 0.0810. The number of esters is 6. The summed E-state index contributed by atoms with van der Waals surface area (Å²) in [4.78, 5) is 77.9. The highest BCUT2D eigenvalue weighted by atomic mass is 35.5. The molecule has 2 heterocycles. The monoisotopic (exact) mass is 1180 g/mol. The highest BCUT2D eigenvalue weighted by molar-refractivity contribution is 6.31. The van der Waals surface area contributed by atoms with Crippen LogP contribution in [0.2, 0.25) is 10.0 Å². The second-order valence-electron chi connectivity index (χ2n) is 20.5. The summed E-state index contributed by atoms with van der Waals surface area (Å²) in [6.45, 7) is 6.98. The zero-order valence-corrected chi connectivity index (χ0v) is 47.9. The first-order chi connectivity index (χ1) is 39.2. The molecule has 442 valence electrons. The summed E-state index contributed by atoms with van der Waals surface area (Å²) in [6, 6.07) is 24.4. The third-order valence-electron chi connectivity index (χ3n) is 13.7. The first-order valence-corrected chi connectivity index (χ1v) is 27.9. The molecule has 2 aliphatic heterocycles. The smallest absolute Gasteiger partial charge is 0.303 e. The van der Waals surface area contributed by atoms with E-state index in [1.807, 2.05) is 36.4 Å². The summed E-state index contributed by atoms with van der Waals surface area (Å²) in [7, 11) is 0. The van der Waals surface area contributed by atoms with Crippen molar-refractivity contribution in [3.8, 4) is 11.5 Å². The highest BCUT2D eigenvalue weighted by Gasteiger charge is 2.63. The van der Waals surface area contributed by atoms with Gasteiger partial charge < -0.3 is 66.7 Å². The van der Waals surface area contributed by atoms with Gasteiger partial charge in [0.15, 0.2) is 24.4 Å². The lowest BCUT2D eigenvalue weighted by molar-refractivity contribution is -0.382. The molecule has 0 amide bonds. The zero-order chi connectivity index (χ0) is 58.7. The van der Waals surface area contributed by atoms with Gasteiger partial charge in [-0.05, 0) is 109 Å². The van der Waals surface area contributed by atoms with E-state index in [0.717, 1.165) is 78.4 Å². The number of benzene rings is 4. The van der Waals surface area contributed by atoms with E-state index in [2.05, 4.69) is 0 Å². The Morgan fingerprint density at radius 1 is 0.537 bits per heavy atom. The number of carbonyl (C=O) groups is 6.